The Hall–Kier alpha value is -3.86. The fraction of sp³-hybridized carbons (Fsp3) is 0.485. The smallest absolute Gasteiger partial charge is 0.352 e. The molecule has 1 saturated heterocycles. The van der Waals surface area contributed by atoms with E-state index in [1.165, 1.54) is 0 Å². The molecule has 0 aliphatic carbocycles. The first kappa shape index (κ1) is 31.6. The van der Waals surface area contributed by atoms with E-state index >= 15 is 0 Å². The van der Waals surface area contributed by atoms with Crippen molar-refractivity contribution in [1.82, 2.24) is 15.0 Å². The highest BCUT2D eigenvalue weighted by molar-refractivity contribution is 8.00. The second kappa shape index (κ2) is 11.9. The second-order valence-corrected chi connectivity index (χ2v) is 13.3. The van der Waals surface area contributed by atoms with E-state index in [4.69, 9.17) is 0 Å². The number of hydrogen-bond acceptors (Lipinski definition) is 4. The first-order valence-electron chi connectivity index (χ1n) is 15.3. The predicted octanol–water partition coefficient (Wildman–Crippen LogP) is 4.10. The molecule has 1 fully saturated rings. The Kier molecular flexibility index (Phi) is 8.54. The number of aliphatic carboxylic acids is 2. The van der Waals surface area contributed by atoms with Gasteiger partial charge in [-0.3, -0.25) is 9.59 Å². The lowest BCUT2D eigenvalue weighted by atomic mass is 9.87. The summed E-state index contributed by atoms with van der Waals surface area (Å²) in [6.07, 6.45) is 6.89. The summed E-state index contributed by atoms with van der Waals surface area (Å²) in [5.41, 5.74) is 8.22. The fourth-order valence-electron chi connectivity index (χ4n) is 7.01. The van der Waals surface area contributed by atoms with Gasteiger partial charge in [0.25, 0.3) is 11.9 Å². The summed E-state index contributed by atoms with van der Waals surface area (Å²) in [5.74, 6) is -0.889. The number of aromatic nitrogens is 3. The molecule has 0 aromatic carbocycles. The second-order valence-electron chi connectivity index (χ2n) is 12.1. The number of aromatic hydroxyl groups is 1. The van der Waals surface area contributed by atoms with Crippen molar-refractivity contribution in [2.75, 3.05) is 0 Å². The Morgan fingerprint density at radius 1 is 0.886 bits per heavy atom. The van der Waals surface area contributed by atoms with Crippen molar-refractivity contribution in [3.05, 3.63) is 61.2 Å². The van der Waals surface area contributed by atoms with E-state index in [1.807, 2.05) is 44.7 Å². The fourth-order valence-corrected chi connectivity index (χ4v) is 8.48. The van der Waals surface area contributed by atoms with Crippen LogP contribution in [0.15, 0.2) is 0 Å². The van der Waals surface area contributed by atoms with Crippen molar-refractivity contribution in [2.45, 2.75) is 91.4 Å². The van der Waals surface area contributed by atoms with E-state index in [0.717, 1.165) is 67.6 Å². The van der Waals surface area contributed by atoms with Crippen molar-refractivity contribution in [1.29, 1.82) is 0 Å². The highest BCUT2D eigenvalue weighted by Crippen LogP contribution is 2.61. The molecule has 236 valence electrons. The summed E-state index contributed by atoms with van der Waals surface area (Å²) in [5, 5.41) is 41.7. The summed E-state index contributed by atoms with van der Waals surface area (Å²) in [6, 6.07) is 0. The molecule has 2 aliphatic heterocycles. The van der Waals surface area contributed by atoms with E-state index in [9.17, 15) is 30.0 Å². The maximum absolute atomic E-state index is 11.6. The van der Waals surface area contributed by atoms with Gasteiger partial charge < -0.3 is 35.4 Å². The van der Waals surface area contributed by atoms with Crippen LogP contribution in [0.3, 0.4) is 0 Å². The van der Waals surface area contributed by atoms with Crippen LogP contribution in [0, 0.1) is 32.6 Å². The topological polar surface area (TPSA) is 165 Å². The number of carboxylic acids is 2. The average molecular weight is 624 g/mol. The number of nitrogens with one attached hydrogen (secondary N) is 3. The number of hydrogen-bond donors (Lipinski definition) is 7. The lowest BCUT2D eigenvalue weighted by molar-refractivity contribution is -0.314. The highest BCUT2D eigenvalue weighted by Gasteiger charge is 2.76. The van der Waals surface area contributed by atoms with Crippen LogP contribution in [0.2, 0.25) is 0 Å². The van der Waals surface area contributed by atoms with E-state index in [1.54, 1.807) is 11.9 Å². The SMILES string of the molecule is CCc1c(O)[nH]c(Cc2[nH]c(/C=c3\[nH]/c(=C/[C@]45S[N+]4=C(O)[C@H](C)[C@H]5CC)c(C)c3CCC(=O)O)c(CCC(=O)O)c2C)c1C. The van der Waals surface area contributed by atoms with Gasteiger partial charge in [0.05, 0.1) is 11.8 Å². The lowest BCUT2D eigenvalue weighted by Crippen LogP contribution is -2.27. The number of aromatic amines is 3. The number of H-pyrrole nitrogens is 3. The summed E-state index contributed by atoms with van der Waals surface area (Å²) < 4.78 is 1.97. The summed E-state index contributed by atoms with van der Waals surface area (Å²) in [7, 11) is 0. The molecule has 3 aromatic rings. The first-order valence-corrected chi connectivity index (χ1v) is 16.1. The third-order valence-electron chi connectivity index (χ3n) is 9.66. The van der Waals surface area contributed by atoms with Crippen LogP contribution in [-0.2, 0) is 35.3 Å². The zero-order valence-electron chi connectivity index (χ0n) is 26.2. The minimum Gasteiger partial charge on any atom is -0.494 e. The van der Waals surface area contributed by atoms with Crippen LogP contribution in [0.5, 0.6) is 5.88 Å². The maximum Gasteiger partial charge on any atom is 0.352 e. The molecule has 0 unspecified atom stereocenters. The van der Waals surface area contributed by atoms with Crippen LogP contribution in [0.4, 0.5) is 0 Å². The van der Waals surface area contributed by atoms with Gasteiger partial charge >= 0.3 is 22.7 Å². The quantitative estimate of drug-likeness (QED) is 0.0906. The Bertz CT molecular complexity index is 1790. The lowest BCUT2D eigenvalue weighted by Gasteiger charge is -2.12. The molecule has 0 saturated carbocycles. The third kappa shape index (κ3) is 5.46. The minimum atomic E-state index is -0.882. The molecular weight excluding hydrogens is 580 g/mol. The number of nitrogens with zero attached hydrogens (tertiary/aromatic N) is 1. The number of aliphatic hydroxyl groups is 1. The molecule has 10 nitrogen and oxygen atoms in total. The molecule has 7 N–H and O–H groups in total. The minimum absolute atomic E-state index is 0.0234. The van der Waals surface area contributed by atoms with Crippen molar-refractivity contribution in [2.24, 2.45) is 11.8 Å². The molecule has 5 rings (SSSR count). The van der Waals surface area contributed by atoms with Gasteiger partial charge in [0.15, 0.2) is 5.88 Å². The van der Waals surface area contributed by atoms with Crippen molar-refractivity contribution in [3.63, 3.8) is 0 Å². The summed E-state index contributed by atoms with van der Waals surface area (Å²) in [6.45, 7) is 12.1. The van der Waals surface area contributed by atoms with E-state index in [0.29, 0.717) is 31.6 Å². The maximum atomic E-state index is 11.6. The highest BCUT2D eigenvalue weighted by atomic mass is 32.2. The zero-order chi connectivity index (χ0) is 32.1. The monoisotopic (exact) mass is 623 g/mol. The summed E-state index contributed by atoms with van der Waals surface area (Å²) >= 11 is 1.62. The molecule has 0 amide bonds. The van der Waals surface area contributed by atoms with Gasteiger partial charge in [-0.05, 0) is 87.3 Å². The molecule has 2 aliphatic rings. The summed E-state index contributed by atoms with van der Waals surface area (Å²) in [4.78, 5) is 33.0. The van der Waals surface area contributed by atoms with Crippen molar-refractivity contribution < 1.29 is 34.0 Å². The number of carbonyl (C=O) groups is 2. The molecular formula is C33H43N4O6S+. The first-order chi connectivity index (χ1) is 20.8. The van der Waals surface area contributed by atoms with Crippen LogP contribution in [-0.4, -0.2) is 62.1 Å². The Labute approximate surface area is 260 Å². The van der Waals surface area contributed by atoms with E-state index in [2.05, 4.69) is 28.0 Å². The molecule has 3 atom stereocenters. The average Bonchev–Trinajstić information content (AvgIpc) is 3.27. The van der Waals surface area contributed by atoms with Gasteiger partial charge in [-0.15, -0.1) is 0 Å². The van der Waals surface area contributed by atoms with Gasteiger partial charge in [-0.2, -0.15) is 0 Å². The standard InChI is InChI=1S/C33H42N4O6S/c1-7-20-16(3)25(36-31(20)42)13-24-17(4)21(9-11-29(38)39)26(34-24)14-27-22(10-12-30(40)41)18(5)28(35-27)15-33-23(8-2)19(6)32(43)37(33)44-33/h14-15,19,23,34-36H,7-13H2,1-6H3,(H3,38,39,40,41,42)/p+1/b27-14-,28-15+/t19-,23-,33-,37?/m1/s1. The van der Waals surface area contributed by atoms with Gasteiger partial charge in [-0.1, -0.05) is 17.8 Å². The van der Waals surface area contributed by atoms with Gasteiger partial charge in [0, 0.05) is 58.7 Å². The number of fused-ring (bicyclic) bond motifs is 1. The molecule has 44 heavy (non-hydrogen) atoms. The molecule has 3 aromatic heterocycles. The Balaban J connectivity index is 1.64. The molecule has 5 heterocycles. The van der Waals surface area contributed by atoms with E-state index < -0.39 is 11.9 Å². The normalized spacial score (nSPS) is 21.9. The largest absolute Gasteiger partial charge is 0.494 e. The molecule has 0 spiro atoms. The Morgan fingerprint density at radius 3 is 2.09 bits per heavy atom. The molecule has 0 bridgehead atoms. The number of carboxylic acid groups (broad SMARTS) is 2. The molecule has 0 radical (unpaired) electrons. The molecule has 11 heteroatoms. The van der Waals surface area contributed by atoms with Crippen LogP contribution < -0.4 is 10.7 Å². The van der Waals surface area contributed by atoms with Crippen LogP contribution in [0.1, 0.15) is 90.5 Å². The zero-order valence-corrected chi connectivity index (χ0v) is 27.0. The van der Waals surface area contributed by atoms with Gasteiger partial charge in [-0.25, -0.2) is 0 Å². The van der Waals surface area contributed by atoms with Crippen LogP contribution >= 0.6 is 11.9 Å². The number of aliphatic hydroxyl groups excluding tert-OH is 1. The van der Waals surface area contributed by atoms with Gasteiger partial charge in [0.1, 0.15) is 0 Å². The Morgan fingerprint density at radius 2 is 1.50 bits per heavy atom. The van der Waals surface area contributed by atoms with Crippen LogP contribution in [0.25, 0.3) is 12.2 Å². The number of rotatable bonds is 12. The third-order valence-corrected chi connectivity index (χ3v) is 11.1. The van der Waals surface area contributed by atoms with Crippen molar-refractivity contribution >= 4 is 41.9 Å². The van der Waals surface area contributed by atoms with Crippen molar-refractivity contribution in [3.8, 4) is 5.88 Å². The van der Waals surface area contributed by atoms with E-state index in [-0.39, 0.29) is 35.4 Å². The van der Waals surface area contributed by atoms with Gasteiger partial charge in [0.2, 0.25) is 0 Å². The predicted molar refractivity (Wildman–Crippen MR) is 171 cm³/mol.